The van der Waals surface area contributed by atoms with E-state index in [1.165, 1.54) is 38.2 Å². The maximum Gasteiger partial charge on any atom is 0.300 e. The van der Waals surface area contributed by atoms with Gasteiger partial charge in [0.1, 0.15) is 11.5 Å². The lowest BCUT2D eigenvalue weighted by molar-refractivity contribution is -0.132. The molecule has 0 aromatic heterocycles. The average Bonchev–Trinajstić information content (AvgIpc) is 3.13. The van der Waals surface area contributed by atoms with Crippen LogP contribution >= 0.6 is 23.2 Å². The van der Waals surface area contributed by atoms with E-state index in [2.05, 4.69) is 5.32 Å². The van der Waals surface area contributed by atoms with Gasteiger partial charge >= 0.3 is 0 Å². The molecular weight excluding hydrogens is 519 g/mol. The van der Waals surface area contributed by atoms with Crippen molar-refractivity contribution in [2.45, 2.75) is 13.0 Å². The number of hydrogen-bond acceptors (Lipinski definition) is 6. The first kappa shape index (κ1) is 26.1. The van der Waals surface area contributed by atoms with E-state index in [9.17, 15) is 19.5 Å². The van der Waals surface area contributed by atoms with Crippen molar-refractivity contribution < 1.29 is 29.0 Å². The molecule has 190 valence electrons. The molecular formula is C27H22Cl2N2O6. The summed E-state index contributed by atoms with van der Waals surface area (Å²) < 4.78 is 10.5. The molecule has 37 heavy (non-hydrogen) atoms. The molecule has 0 radical (unpaired) electrons. The standard InChI is InChI=1S/C27H22Cl2N2O6/c1-14(32)30-17-7-5-8-18(13-17)31-23(15-6-4-9-19(10-15)36-2)22(25(34)27(31)35)24(33)16-11-20(28)26(37-3)21(29)12-16/h4-13,23,33H,1-3H3,(H,30,32)/b24-22+. The maximum absolute atomic E-state index is 13.4. The molecule has 8 nitrogen and oxygen atoms in total. The first-order chi connectivity index (χ1) is 17.7. The van der Waals surface area contributed by atoms with Crippen molar-refractivity contribution in [3.8, 4) is 11.5 Å². The number of carbonyl (C=O) groups is 3. The maximum atomic E-state index is 13.4. The van der Waals surface area contributed by atoms with E-state index in [0.717, 1.165) is 0 Å². The number of methoxy groups -OCH3 is 2. The Morgan fingerprint density at radius 3 is 2.27 bits per heavy atom. The minimum Gasteiger partial charge on any atom is -0.507 e. The second-order valence-electron chi connectivity index (χ2n) is 8.15. The zero-order chi connectivity index (χ0) is 26.9. The summed E-state index contributed by atoms with van der Waals surface area (Å²) in [5.41, 5.74) is 1.25. The van der Waals surface area contributed by atoms with Crippen molar-refractivity contribution in [3.63, 3.8) is 0 Å². The number of hydrogen-bond donors (Lipinski definition) is 2. The van der Waals surface area contributed by atoms with E-state index in [1.54, 1.807) is 48.5 Å². The van der Waals surface area contributed by atoms with Gasteiger partial charge in [-0.15, -0.1) is 0 Å². The number of Topliss-reactive ketones (excluding diaryl/α,β-unsaturated/α-hetero) is 1. The Hall–Kier alpha value is -4.01. The summed E-state index contributed by atoms with van der Waals surface area (Å²) in [6, 6.07) is 15.1. The predicted molar refractivity (Wildman–Crippen MR) is 142 cm³/mol. The van der Waals surface area contributed by atoms with E-state index >= 15 is 0 Å². The third-order valence-corrected chi connectivity index (χ3v) is 6.34. The highest BCUT2D eigenvalue weighted by atomic mass is 35.5. The van der Waals surface area contributed by atoms with Gasteiger partial charge in [0.25, 0.3) is 11.7 Å². The number of rotatable bonds is 6. The topological polar surface area (TPSA) is 105 Å². The Bertz CT molecular complexity index is 1430. The minimum atomic E-state index is -1.03. The smallest absolute Gasteiger partial charge is 0.300 e. The van der Waals surface area contributed by atoms with E-state index in [0.29, 0.717) is 22.7 Å². The van der Waals surface area contributed by atoms with Gasteiger partial charge in [0, 0.05) is 23.9 Å². The zero-order valence-electron chi connectivity index (χ0n) is 20.0. The molecule has 0 saturated carbocycles. The second kappa shape index (κ2) is 10.5. The van der Waals surface area contributed by atoms with Crippen LogP contribution in [0.25, 0.3) is 5.76 Å². The molecule has 3 aromatic carbocycles. The summed E-state index contributed by atoms with van der Waals surface area (Å²) in [7, 11) is 2.89. The zero-order valence-corrected chi connectivity index (χ0v) is 21.6. The Morgan fingerprint density at radius 1 is 0.973 bits per heavy atom. The predicted octanol–water partition coefficient (Wildman–Crippen LogP) is 5.60. The number of anilines is 2. The summed E-state index contributed by atoms with van der Waals surface area (Å²) in [5.74, 6) is -1.82. The van der Waals surface area contributed by atoms with Gasteiger partial charge in [-0.25, -0.2) is 0 Å². The number of aliphatic hydroxyl groups excluding tert-OH is 1. The fourth-order valence-electron chi connectivity index (χ4n) is 4.21. The van der Waals surface area contributed by atoms with E-state index in [1.807, 2.05) is 0 Å². The van der Waals surface area contributed by atoms with Crippen LogP contribution in [0.1, 0.15) is 24.1 Å². The van der Waals surface area contributed by atoms with Gasteiger partial charge in [0.2, 0.25) is 5.91 Å². The van der Waals surface area contributed by atoms with E-state index in [-0.39, 0.29) is 32.8 Å². The molecule has 2 amide bonds. The fourth-order valence-corrected chi connectivity index (χ4v) is 4.85. The molecule has 4 rings (SSSR count). The van der Waals surface area contributed by atoms with Crippen LogP contribution in [0.4, 0.5) is 11.4 Å². The van der Waals surface area contributed by atoms with Crippen molar-refractivity contribution >= 4 is 57.9 Å². The molecule has 2 N–H and O–H groups in total. The third kappa shape index (κ3) is 4.98. The largest absolute Gasteiger partial charge is 0.507 e. The van der Waals surface area contributed by atoms with Gasteiger partial charge < -0.3 is 19.9 Å². The Labute approximate surface area is 223 Å². The quantitative estimate of drug-likeness (QED) is 0.239. The second-order valence-corrected chi connectivity index (χ2v) is 8.96. The molecule has 1 aliphatic rings. The number of ketones is 1. The minimum absolute atomic E-state index is 0.117. The van der Waals surface area contributed by atoms with Crippen LogP contribution in [0.2, 0.25) is 10.0 Å². The van der Waals surface area contributed by atoms with Crippen LogP contribution in [0.15, 0.2) is 66.2 Å². The van der Waals surface area contributed by atoms with Gasteiger partial charge in [-0.05, 0) is 48.0 Å². The number of ether oxygens (including phenoxy) is 2. The lowest BCUT2D eigenvalue weighted by Crippen LogP contribution is -2.29. The first-order valence-electron chi connectivity index (χ1n) is 11.0. The highest BCUT2D eigenvalue weighted by Gasteiger charge is 2.47. The Morgan fingerprint density at radius 2 is 1.65 bits per heavy atom. The number of amides is 2. The van der Waals surface area contributed by atoms with E-state index in [4.69, 9.17) is 32.7 Å². The van der Waals surface area contributed by atoms with Crippen LogP contribution in [-0.4, -0.2) is 36.9 Å². The molecule has 0 aliphatic carbocycles. The van der Waals surface area contributed by atoms with Crippen molar-refractivity contribution in [1.82, 2.24) is 0 Å². The molecule has 0 bridgehead atoms. The highest BCUT2D eigenvalue weighted by molar-refractivity contribution is 6.52. The van der Waals surface area contributed by atoms with Gasteiger partial charge in [-0.3, -0.25) is 19.3 Å². The van der Waals surface area contributed by atoms with Gasteiger partial charge in [-0.1, -0.05) is 41.4 Å². The van der Waals surface area contributed by atoms with Crippen LogP contribution in [0.5, 0.6) is 11.5 Å². The molecule has 1 fully saturated rings. The fraction of sp³-hybridized carbons (Fsp3) is 0.148. The Balaban J connectivity index is 1.95. The van der Waals surface area contributed by atoms with Crippen LogP contribution < -0.4 is 19.7 Å². The number of benzene rings is 3. The number of nitrogens with zero attached hydrogens (tertiary/aromatic N) is 1. The lowest BCUT2D eigenvalue weighted by atomic mass is 9.95. The van der Waals surface area contributed by atoms with Crippen LogP contribution in [0.3, 0.4) is 0 Å². The third-order valence-electron chi connectivity index (χ3n) is 5.77. The first-order valence-corrected chi connectivity index (χ1v) is 11.8. The monoisotopic (exact) mass is 540 g/mol. The van der Waals surface area contributed by atoms with E-state index < -0.39 is 23.5 Å². The van der Waals surface area contributed by atoms with Crippen molar-refractivity contribution in [2.24, 2.45) is 0 Å². The van der Waals surface area contributed by atoms with Crippen LogP contribution in [0, 0.1) is 0 Å². The molecule has 1 aliphatic heterocycles. The number of aliphatic hydroxyl groups is 1. The molecule has 1 atom stereocenters. The molecule has 10 heteroatoms. The van der Waals surface area contributed by atoms with Crippen molar-refractivity contribution in [2.75, 3.05) is 24.4 Å². The summed E-state index contributed by atoms with van der Waals surface area (Å²) in [5, 5.41) is 14.3. The molecule has 0 spiro atoms. The molecule has 1 unspecified atom stereocenters. The highest BCUT2D eigenvalue weighted by Crippen LogP contribution is 2.44. The molecule has 1 heterocycles. The average molecular weight is 541 g/mol. The molecule has 3 aromatic rings. The SMILES string of the molecule is COc1cccc(C2/C(=C(\O)c3cc(Cl)c(OC)c(Cl)c3)C(=O)C(=O)N2c2cccc(NC(C)=O)c2)c1. The van der Waals surface area contributed by atoms with Crippen LogP contribution in [-0.2, 0) is 14.4 Å². The summed E-state index contributed by atoms with van der Waals surface area (Å²) >= 11 is 12.5. The number of halogens is 2. The van der Waals surface area contributed by atoms with Gasteiger partial charge in [-0.2, -0.15) is 0 Å². The van der Waals surface area contributed by atoms with Gasteiger partial charge in [0.15, 0.2) is 5.75 Å². The summed E-state index contributed by atoms with van der Waals surface area (Å²) in [6.07, 6.45) is 0. The lowest BCUT2D eigenvalue weighted by Gasteiger charge is -2.26. The normalized spacial score (nSPS) is 16.6. The van der Waals surface area contributed by atoms with Gasteiger partial charge in [0.05, 0.1) is 35.9 Å². The molecule has 1 saturated heterocycles. The summed E-state index contributed by atoms with van der Waals surface area (Å²) in [6.45, 7) is 1.36. The van der Waals surface area contributed by atoms with Crippen molar-refractivity contribution in [1.29, 1.82) is 0 Å². The Kier molecular flexibility index (Phi) is 7.42. The number of carbonyl (C=O) groups excluding carboxylic acids is 3. The number of nitrogens with one attached hydrogen (secondary N) is 1. The summed E-state index contributed by atoms with van der Waals surface area (Å²) in [4.78, 5) is 39.6. The van der Waals surface area contributed by atoms with Crippen molar-refractivity contribution in [3.05, 3.63) is 87.4 Å².